The molecular weight excluding hydrogens is 330 g/mol. The lowest BCUT2D eigenvalue weighted by Crippen LogP contribution is -2.18. The lowest BCUT2D eigenvalue weighted by Gasteiger charge is -2.19. The number of carbonyl (C=O) groups excluding carboxylic acids is 1. The molecule has 26 heavy (non-hydrogen) atoms. The van der Waals surface area contributed by atoms with Crippen molar-refractivity contribution in [3.8, 4) is 0 Å². The van der Waals surface area contributed by atoms with E-state index in [0.717, 1.165) is 5.56 Å². The van der Waals surface area contributed by atoms with Gasteiger partial charge in [-0.25, -0.2) is 0 Å². The summed E-state index contributed by atoms with van der Waals surface area (Å²) in [5.74, 6) is -0.239. The van der Waals surface area contributed by atoms with Gasteiger partial charge in [0.2, 0.25) is 0 Å². The number of anilines is 1. The van der Waals surface area contributed by atoms with Gasteiger partial charge in [-0.05, 0) is 29.8 Å². The standard InChI is InChI=1S/C20H17N3O3/c1-22(14-15-9-11-21-12-10-15)18-8-7-17(13-19(18)23(25)26)20(24)16-5-3-2-4-6-16/h2-13H,14H2,1H3. The fourth-order valence-electron chi connectivity index (χ4n) is 2.74. The summed E-state index contributed by atoms with van der Waals surface area (Å²) in [6.45, 7) is 0.495. The van der Waals surface area contributed by atoms with Crippen molar-refractivity contribution in [3.05, 3.63) is 99.9 Å². The smallest absolute Gasteiger partial charge is 0.293 e. The van der Waals surface area contributed by atoms with Crippen LogP contribution in [0, 0.1) is 10.1 Å². The predicted octanol–water partition coefficient (Wildman–Crippen LogP) is 3.86. The summed E-state index contributed by atoms with van der Waals surface area (Å²) in [6, 6.07) is 17.0. The number of nitro benzene ring substituents is 1. The van der Waals surface area contributed by atoms with Gasteiger partial charge in [-0.3, -0.25) is 19.9 Å². The highest BCUT2D eigenvalue weighted by Crippen LogP contribution is 2.30. The van der Waals surface area contributed by atoms with Gasteiger partial charge < -0.3 is 4.90 Å². The van der Waals surface area contributed by atoms with Crippen LogP contribution in [0.25, 0.3) is 0 Å². The fourth-order valence-corrected chi connectivity index (χ4v) is 2.74. The van der Waals surface area contributed by atoms with E-state index in [2.05, 4.69) is 4.98 Å². The van der Waals surface area contributed by atoms with Crippen LogP contribution < -0.4 is 4.90 Å². The van der Waals surface area contributed by atoms with Gasteiger partial charge in [-0.15, -0.1) is 0 Å². The summed E-state index contributed by atoms with van der Waals surface area (Å²) >= 11 is 0. The lowest BCUT2D eigenvalue weighted by atomic mass is 10.0. The molecule has 0 fully saturated rings. The van der Waals surface area contributed by atoms with Crippen molar-refractivity contribution >= 4 is 17.2 Å². The summed E-state index contributed by atoms with van der Waals surface area (Å²) in [5.41, 5.74) is 2.14. The van der Waals surface area contributed by atoms with Gasteiger partial charge in [0.1, 0.15) is 5.69 Å². The molecule has 2 aromatic carbocycles. The molecule has 0 aliphatic rings. The second-order valence-electron chi connectivity index (χ2n) is 5.87. The van der Waals surface area contributed by atoms with Gasteiger partial charge in [0, 0.05) is 43.2 Å². The average Bonchev–Trinajstić information content (AvgIpc) is 2.68. The Bertz CT molecular complexity index is 928. The molecule has 130 valence electrons. The van der Waals surface area contributed by atoms with Crippen LogP contribution in [0.3, 0.4) is 0 Å². The zero-order valence-electron chi connectivity index (χ0n) is 14.2. The van der Waals surface area contributed by atoms with Crippen LogP contribution >= 0.6 is 0 Å². The molecule has 0 aliphatic carbocycles. The van der Waals surface area contributed by atoms with Crippen LogP contribution in [0.5, 0.6) is 0 Å². The van der Waals surface area contributed by atoms with Gasteiger partial charge >= 0.3 is 0 Å². The van der Waals surface area contributed by atoms with E-state index < -0.39 is 4.92 Å². The second-order valence-corrected chi connectivity index (χ2v) is 5.87. The highest BCUT2D eigenvalue weighted by atomic mass is 16.6. The first-order valence-electron chi connectivity index (χ1n) is 8.04. The van der Waals surface area contributed by atoms with Crippen LogP contribution in [0.2, 0.25) is 0 Å². The van der Waals surface area contributed by atoms with Crippen LogP contribution in [-0.2, 0) is 6.54 Å². The number of pyridine rings is 1. The van der Waals surface area contributed by atoms with Crippen molar-refractivity contribution < 1.29 is 9.72 Å². The first-order valence-corrected chi connectivity index (χ1v) is 8.04. The quantitative estimate of drug-likeness (QED) is 0.384. The zero-order chi connectivity index (χ0) is 18.5. The van der Waals surface area contributed by atoms with Crippen molar-refractivity contribution in [2.75, 3.05) is 11.9 Å². The van der Waals surface area contributed by atoms with E-state index in [4.69, 9.17) is 0 Å². The van der Waals surface area contributed by atoms with E-state index in [1.165, 1.54) is 6.07 Å². The molecule has 0 spiro atoms. The zero-order valence-corrected chi connectivity index (χ0v) is 14.2. The first-order chi connectivity index (χ1) is 12.6. The minimum absolute atomic E-state index is 0.0941. The number of ketones is 1. The molecule has 1 heterocycles. The molecule has 0 amide bonds. The van der Waals surface area contributed by atoms with Crippen LogP contribution in [0.4, 0.5) is 11.4 Å². The van der Waals surface area contributed by atoms with Gasteiger partial charge in [0.25, 0.3) is 5.69 Å². The van der Waals surface area contributed by atoms with E-state index in [1.807, 2.05) is 18.2 Å². The third-order valence-corrected chi connectivity index (χ3v) is 4.05. The molecule has 3 aromatic rings. The molecule has 6 nitrogen and oxygen atoms in total. The second kappa shape index (κ2) is 7.57. The number of nitro groups is 1. The largest absolute Gasteiger partial charge is 0.365 e. The van der Waals surface area contributed by atoms with E-state index in [0.29, 0.717) is 23.4 Å². The van der Waals surface area contributed by atoms with Gasteiger partial charge in [0.05, 0.1) is 4.92 Å². The maximum Gasteiger partial charge on any atom is 0.293 e. The topological polar surface area (TPSA) is 76.3 Å². The minimum Gasteiger partial charge on any atom is -0.365 e. The molecule has 0 bridgehead atoms. The fraction of sp³-hybridized carbons (Fsp3) is 0.100. The third kappa shape index (κ3) is 3.75. The highest BCUT2D eigenvalue weighted by molar-refractivity contribution is 6.09. The maximum absolute atomic E-state index is 12.6. The molecule has 0 saturated heterocycles. The summed E-state index contributed by atoms with van der Waals surface area (Å²) in [5, 5.41) is 11.5. The monoisotopic (exact) mass is 347 g/mol. The average molecular weight is 347 g/mol. The number of carbonyl (C=O) groups is 1. The van der Waals surface area contributed by atoms with E-state index >= 15 is 0 Å². The van der Waals surface area contributed by atoms with Crippen molar-refractivity contribution in [2.24, 2.45) is 0 Å². The maximum atomic E-state index is 12.6. The molecule has 0 aliphatic heterocycles. The molecule has 3 rings (SSSR count). The Hall–Kier alpha value is -3.54. The van der Waals surface area contributed by atoms with Crippen LogP contribution in [0.15, 0.2) is 73.1 Å². The highest BCUT2D eigenvalue weighted by Gasteiger charge is 2.21. The Morgan fingerprint density at radius 2 is 1.73 bits per heavy atom. The number of rotatable bonds is 6. The Balaban J connectivity index is 1.92. The van der Waals surface area contributed by atoms with E-state index in [1.54, 1.807) is 60.7 Å². The van der Waals surface area contributed by atoms with Crippen LogP contribution in [0.1, 0.15) is 21.5 Å². The molecule has 0 saturated carbocycles. The van der Waals surface area contributed by atoms with E-state index in [9.17, 15) is 14.9 Å². The Morgan fingerprint density at radius 3 is 2.38 bits per heavy atom. The normalized spacial score (nSPS) is 10.3. The first kappa shape index (κ1) is 17.3. The summed E-state index contributed by atoms with van der Waals surface area (Å²) < 4.78 is 0. The van der Waals surface area contributed by atoms with Crippen molar-refractivity contribution in [2.45, 2.75) is 6.54 Å². The molecule has 1 aromatic heterocycles. The summed E-state index contributed by atoms with van der Waals surface area (Å²) in [4.78, 5) is 29.4. The van der Waals surface area contributed by atoms with Crippen molar-refractivity contribution in [3.63, 3.8) is 0 Å². The Labute approximate surface area is 150 Å². The van der Waals surface area contributed by atoms with Crippen molar-refractivity contribution in [1.29, 1.82) is 0 Å². The molecule has 0 unspecified atom stereocenters. The summed E-state index contributed by atoms with van der Waals surface area (Å²) in [6.07, 6.45) is 3.36. The molecule has 6 heteroatoms. The Morgan fingerprint density at radius 1 is 1.04 bits per heavy atom. The SMILES string of the molecule is CN(Cc1ccncc1)c1ccc(C(=O)c2ccccc2)cc1[N+](=O)[O-]. The summed E-state index contributed by atoms with van der Waals surface area (Å²) in [7, 11) is 1.78. The number of aromatic nitrogens is 1. The van der Waals surface area contributed by atoms with Crippen LogP contribution in [-0.4, -0.2) is 22.7 Å². The number of nitrogens with zero attached hydrogens (tertiary/aromatic N) is 3. The van der Waals surface area contributed by atoms with Gasteiger partial charge in [-0.2, -0.15) is 0 Å². The third-order valence-electron chi connectivity index (χ3n) is 4.05. The van der Waals surface area contributed by atoms with Gasteiger partial charge in [-0.1, -0.05) is 30.3 Å². The Kier molecular flexibility index (Phi) is 5.03. The van der Waals surface area contributed by atoms with Crippen molar-refractivity contribution in [1.82, 2.24) is 4.98 Å². The number of hydrogen-bond acceptors (Lipinski definition) is 5. The lowest BCUT2D eigenvalue weighted by molar-refractivity contribution is -0.384. The predicted molar refractivity (Wildman–Crippen MR) is 99.3 cm³/mol. The number of hydrogen-bond donors (Lipinski definition) is 0. The molecule has 0 N–H and O–H groups in total. The number of benzene rings is 2. The van der Waals surface area contributed by atoms with E-state index in [-0.39, 0.29) is 11.5 Å². The molecule has 0 atom stereocenters. The minimum atomic E-state index is -0.458. The molecular formula is C20H17N3O3. The van der Waals surface area contributed by atoms with Gasteiger partial charge in [0.15, 0.2) is 5.78 Å². The molecule has 0 radical (unpaired) electrons.